The molecule has 0 amide bonds. The highest BCUT2D eigenvalue weighted by atomic mass is 35.5. The Morgan fingerprint density at radius 1 is 1.26 bits per heavy atom. The van der Waals surface area contributed by atoms with Crippen LogP contribution in [0.4, 0.5) is 5.69 Å². The maximum absolute atomic E-state index is 11.5. The summed E-state index contributed by atoms with van der Waals surface area (Å²) in [5.41, 5.74) is 0.694. The maximum atomic E-state index is 11.5. The molecule has 120 valence electrons. The van der Waals surface area contributed by atoms with Gasteiger partial charge >= 0.3 is 5.97 Å². The second-order valence-electron chi connectivity index (χ2n) is 5.11. The molecule has 8 heteroatoms. The summed E-state index contributed by atoms with van der Waals surface area (Å²) in [7, 11) is 0. The van der Waals surface area contributed by atoms with E-state index < -0.39 is 5.97 Å². The summed E-state index contributed by atoms with van der Waals surface area (Å²) in [6.07, 6.45) is 0. The minimum absolute atomic E-state index is 0.0885. The van der Waals surface area contributed by atoms with Gasteiger partial charge in [-0.25, -0.2) is 4.79 Å². The number of aliphatic carboxylic acids is 1. The van der Waals surface area contributed by atoms with Crippen LogP contribution in [0.1, 0.15) is 17.8 Å². The van der Waals surface area contributed by atoms with Crippen molar-refractivity contribution in [1.82, 2.24) is 0 Å². The Balaban J connectivity index is 2.11. The molecule has 2 aromatic rings. The molecule has 0 unspecified atom stereocenters. The van der Waals surface area contributed by atoms with Gasteiger partial charge in [0, 0.05) is 15.8 Å². The average molecular weight is 390 g/mol. The van der Waals surface area contributed by atoms with Crippen molar-refractivity contribution < 1.29 is 9.90 Å². The van der Waals surface area contributed by atoms with Crippen LogP contribution in [-0.4, -0.2) is 16.8 Å². The molecule has 0 aliphatic carbocycles. The van der Waals surface area contributed by atoms with E-state index in [1.807, 2.05) is 13.0 Å². The molecule has 0 bridgehead atoms. The van der Waals surface area contributed by atoms with E-state index in [4.69, 9.17) is 34.8 Å². The van der Waals surface area contributed by atoms with Gasteiger partial charge in [-0.3, -0.25) is 5.01 Å². The number of hydrogen-bond acceptors (Lipinski definition) is 4. The van der Waals surface area contributed by atoms with Gasteiger partial charge in [-0.05, 0) is 30.3 Å². The Bertz CT molecular complexity index is 806. The molecule has 4 nitrogen and oxygen atoms in total. The van der Waals surface area contributed by atoms with Gasteiger partial charge in [-0.15, -0.1) is 11.3 Å². The van der Waals surface area contributed by atoms with E-state index in [9.17, 15) is 9.90 Å². The lowest BCUT2D eigenvalue weighted by molar-refractivity contribution is -0.129. The van der Waals surface area contributed by atoms with Crippen LogP contribution in [0.25, 0.3) is 0 Å². The van der Waals surface area contributed by atoms with Crippen molar-refractivity contribution in [2.24, 2.45) is 11.0 Å². The molecular weight excluding hydrogens is 379 g/mol. The second kappa shape index (κ2) is 6.32. The Kier molecular flexibility index (Phi) is 4.56. The molecule has 0 saturated carbocycles. The van der Waals surface area contributed by atoms with Crippen LogP contribution in [0.15, 0.2) is 35.4 Å². The summed E-state index contributed by atoms with van der Waals surface area (Å²) in [6, 6.07) is 8.42. The lowest BCUT2D eigenvalue weighted by Crippen LogP contribution is -2.25. The molecule has 2 atom stereocenters. The molecule has 0 radical (unpaired) electrons. The first-order valence-corrected chi connectivity index (χ1v) is 8.65. The molecule has 3 rings (SSSR count). The number of thiophene rings is 1. The quantitative estimate of drug-likeness (QED) is 0.770. The molecule has 0 fully saturated rings. The number of halogens is 3. The van der Waals surface area contributed by atoms with Crippen LogP contribution >= 0.6 is 46.1 Å². The molecule has 2 heterocycles. The first-order chi connectivity index (χ1) is 10.9. The fourth-order valence-electron chi connectivity index (χ4n) is 2.59. The van der Waals surface area contributed by atoms with Gasteiger partial charge in [0.05, 0.1) is 21.1 Å². The molecule has 23 heavy (non-hydrogen) atoms. The van der Waals surface area contributed by atoms with Gasteiger partial charge in [0.1, 0.15) is 0 Å². The van der Waals surface area contributed by atoms with E-state index in [1.54, 1.807) is 29.3 Å². The number of nitrogens with zero attached hydrogens (tertiary/aromatic N) is 2. The Morgan fingerprint density at radius 2 is 2.00 bits per heavy atom. The summed E-state index contributed by atoms with van der Waals surface area (Å²) in [5, 5.41) is 16.2. The number of hydrazone groups is 1. The van der Waals surface area contributed by atoms with Crippen molar-refractivity contribution in [3.8, 4) is 0 Å². The van der Waals surface area contributed by atoms with E-state index >= 15 is 0 Å². The van der Waals surface area contributed by atoms with Crippen molar-refractivity contribution in [1.29, 1.82) is 0 Å². The molecule has 1 aromatic carbocycles. The Labute approximate surface area is 151 Å². The van der Waals surface area contributed by atoms with Crippen LogP contribution in [0, 0.1) is 5.92 Å². The monoisotopic (exact) mass is 388 g/mol. The summed E-state index contributed by atoms with van der Waals surface area (Å²) in [5.74, 6) is -1.35. The normalized spacial score (nSPS) is 20.7. The van der Waals surface area contributed by atoms with Crippen LogP contribution in [0.5, 0.6) is 0 Å². The van der Waals surface area contributed by atoms with Crippen LogP contribution < -0.4 is 5.01 Å². The van der Waals surface area contributed by atoms with E-state index in [1.165, 1.54) is 11.3 Å². The highest BCUT2D eigenvalue weighted by Crippen LogP contribution is 2.44. The minimum Gasteiger partial charge on any atom is -0.477 e. The molecule has 1 aromatic heterocycles. The van der Waals surface area contributed by atoms with Gasteiger partial charge in [0.25, 0.3) is 0 Å². The summed E-state index contributed by atoms with van der Waals surface area (Å²) >= 11 is 19.6. The third kappa shape index (κ3) is 3.06. The number of rotatable bonds is 3. The van der Waals surface area contributed by atoms with Crippen molar-refractivity contribution in [2.45, 2.75) is 13.0 Å². The predicted molar refractivity (Wildman–Crippen MR) is 95.2 cm³/mol. The number of anilines is 1. The first-order valence-electron chi connectivity index (χ1n) is 6.70. The number of hydrogen-bond donors (Lipinski definition) is 1. The lowest BCUT2D eigenvalue weighted by atomic mass is 9.96. The molecule has 0 saturated heterocycles. The minimum atomic E-state index is -1.04. The number of carboxylic acids is 1. The van der Waals surface area contributed by atoms with Gasteiger partial charge in [-0.2, -0.15) is 5.10 Å². The van der Waals surface area contributed by atoms with E-state index in [0.29, 0.717) is 20.1 Å². The fourth-order valence-corrected chi connectivity index (χ4v) is 4.34. The maximum Gasteiger partial charge on any atom is 0.352 e. The lowest BCUT2D eigenvalue weighted by Gasteiger charge is -2.26. The molecular formula is C15H11Cl3N2O2S. The first kappa shape index (κ1) is 16.6. The van der Waals surface area contributed by atoms with Gasteiger partial charge in [0.2, 0.25) is 0 Å². The standard InChI is InChI=1S/C15H11Cl3N2O2S/c1-7-13(15(21)22)19-20(10-3-2-8(16)6-9(10)17)14(7)11-4-5-12(18)23-11/h2-7,14H,1H3,(H,21,22)/t7-,14-/m1/s1. The highest BCUT2D eigenvalue weighted by Gasteiger charge is 2.40. The summed E-state index contributed by atoms with van der Waals surface area (Å²) in [4.78, 5) is 12.4. The van der Waals surface area contributed by atoms with Crippen molar-refractivity contribution in [3.63, 3.8) is 0 Å². The van der Waals surface area contributed by atoms with Crippen LogP contribution in [0.3, 0.4) is 0 Å². The highest BCUT2D eigenvalue weighted by molar-refractivity contribution is 7.16. The average Bonchev–Trinajstić information content (AvgIpc) is 3.02. The predicted octanol–water partition coefficient (Wildman–Crippen LogP) is 5.35. The molecule has 1 aliphatic heterocycles. The zero-order valence-corrected chi connectivity index (χ0v) is 14.9. The van der Waals surface area contributed by atoms with Crippen molar-refractivity contribution >= 4 is 63.5 Å². The van der Waals surface area contributed by atoms with Gasteiger partial charge in [0.15, 0.2) is 5.71 Å². The molecule has 1 aliphatic rings. The zero-order chi connectivity index (χ0) is 16.7. The fraction of sp³-hybridized carbons (Fsp3) is 0.200. The summed E-state index contributed by atoms with van der Waals surface area (Å²) < 4.78 is 0.637. The number of carbonyl (C=O) groups is 1. The Morgan fingerprint density at radius 3 is 2.57 bits per heavy atom. The summed E-state index contributed by atoms with van der Waals surface area (Å²) in [6.45, 7) is 1.83. The number of benzene rings is 1. The van der Waals surface area contributed by atoms with Crippen molar-refractivity contribution in [2.75, 3.05) is 5.01 Å². The van der Waals surface area contributed by atoms with E-state index in [0.717, 1.165) is 4.88 Å². The smallest absolute Gasteiger partial charge is 0.352 e. The van der Waals surface area contributed by atoms with Crippen LogP contribution in [-0.2, 0) is 4.79 Å². The zero-order valence-electron chi connectivity index (χ0n) is 11.8. The van der Waals surface area contributed by atoms with E-state index in [2.05, 4.69) is 5.10 Å². The topological polar surface area (TPSA) is 52.9 Å². The Hall–Kier alpha value is -1.27. The molecule has 1 N–H and O–H groups in total. The van der Waals surface area contributed by atoms with E-state index in [-0.39, 0.29) is 17.7 Å². The number of carboxylic acid groups (broad SMARTS) is 1. The van der Waals surface area contributed by atoms with Crippen LogP contribution in [0.2, 0.25) is 14.4 Å². The van der Waals surface area contributed by atoms with Crippen molar-refractivity contribution in [3.05, 3.63) is 49.6 Å². The third-order valence-corrected chi connectivity index (χ3v) is 5.48. The third-order valence-electron chi connectivity index (χ3n) is 3.65. The SMILES string of the molecule is C[C@@H]1C(C(=O)O)=NN(c2ccc(Cl)cc2Cl)[C@H]1c1ccc(Cl)s1. The van der Waals surface area contributed by atoms with Gasteiger partial charge < -0.3 is 5.11 Å². The second-order valence-corrected chi connectivity index (χ2v) is 7.70. The van der Waals surface area contributed by atoms with Gasteiger partial charge in [-0.1, -0.05) is 41.7 Å². The molecule has 0 spiro atoms. The largest absolute Gasteiger partial charge is 0.477 e.